The number of nitrogens with zero attached hydrogens (tertiary/aromatic N) is 1. The number of benzene rings is 1. The van der Waals surface area contributed by atoms with E-state index in [1.807, 2.05) is 18.2 Å². The summed E-state index contributed by atoms with van der Waals surface area (Å²) in [4.78, 5) is 13.1. The number of hydrogen-bond donors (Lipinski definition) is 2. The number of furan rings is 1. The van der Waals surface area contributed by atoms with E-state index in [2.05, 4.69) is 24.2 Å². The van der Waals surface area contributed by atoms with Crippen molar-refractivity contribution in [2.45, 2.75) is 13.5 Å². The molecule has 5 nitrogen and oxygen atoms in total. The van der Waals surface area contributed by atoms with Crippen molar-refractivity contribution in [2.75, 3.05) is 26.7 Å². The molecule has 0 aliphatic rings. The summed E-state index contributed by atoms with van der Waals surface area (Å²) in [5.41, 5.74) is 1.73. The fourth-order valence-corrected chi connectivity index (χ4v) is 1.97. The third kappa shape index (κ3) is 3.59. The van der Waals surface area contributed by atoms with Gasteiger partial charge in [-0.1, -0.05) is 13.0 Å². The van der Waals surface area contributed by atoms with Gasteiger partial charge in [0.15, 0.2) is 0 Å². The lowest BCUT2D eigenvalue weighted by molar-refractivity contribution is 0.0665. The Labute approximate surface area is 118 Å². The summed E-state index contributed by atoms with van der Waals surface area (Å²) in [6.45, 7) is 5.87. The standard InChI is InChI=1S/C15H20N2O3/c1-3-17(2)7-6-16-10-11-4-5-13-12(8-11)9-14(20-13)15(18)19/h4-5,8-9,16H,3,6-7,10H2,1-2H3,(H,18,19). The smallest absolute Gasteiger partial charge is 0.371 e. The van der Waals surface area contributed by atoms with Crippen LogP contribution in [0, 0.1) is 0 Å². The van der Waals surface area contributed by atoms with Crippen molar-refractivity contribution in [3.63, 3.8) is 0 Å². The van der Waals surface area contributed by atoms with Crippen LogP contribution in [0.5, 0.6) is 0 Å². The van der Waals surface area contributed by atoms with Gasteiger partial charge in [-0.15, -0.1) is 0 Å². The van der Waals surface area contributed by atoms with Crippen LogP contribution in [0.15, 0.2) is 28.7 Å². The molecule has 0 atom stereocenters. The second-order valence-electron chi connectivity index (χ2n) is 4.86. The molecule has 2 rings (SSSR count). The van der Waals surface area contributed by atoms with Gasteiger partial charge in [-0.05, 0) is 37.4 Å². The highest BCUT2D eigenvalue weighted by Crippen LogP contribution is 2.20. The maximum absolute atomic E-state index is 10.8. The zero-order valence-electron chi connectivity index (χ0n) is 11.8. The maximum Gasteiger partial charge on any atom is 0.371 e. The van der Waals surface area contributed by atoms with Crippen LogP contribution >= 0.6 is 0 Å². The maximum atomic E-state index is 10.8. The van der Waals surface area contributed by atoms with Crippen molar-refractivity contribution >= 4 is 16.9 Å². The van der Waals surface area contributed by atoms with Gasteiger partial charge in [-0.25, -0.2) is 4.79 Å². The van der Waals surface area contributed by atoms with Crippen molar-refractivity contribution in [1.82, 2.24) is 10.2 Å². The highest BCUT2D eigenvalue weighted by atomic mass is 16.4. The van der Waals surface area contributed by atoms with Crippen LogP contribution in [0.2, 0.25) is 0 Å². The van der Waals surface area contributed by atoms with E-state index in [4.69, 9.17) is 9.52 Å². The lowest BCUT2D eigenvalue weighted by atomic mass is 10.1. The number of nitrogens with one attached hydrogen (secondary N) is 1. The average molecular weight is 276 g/mol. The quantitative estimate of drug-likeness (QED) is 0.759. The molecule has 0 aliphatic heterocycles. The average Bonchev–Trinajstić information content (AvgIpc) is 2.86. The van der Waals surface area contributed by atoms with Crippen molar-refractivity contribution in [1.29, 1.82) is 0 Å². The molecule has 2 N–H and O–H groups in total. The Morgan fingerprint density at radius 2 is 2.20 bits per heavy atom. The molecule has 2 aromatic rings. The molecule has 0 fully saturated rings. The van der Waals surface area contributed by atoms with E-state index < -0.39 is 5.97 Å². The Balaban J connectivity index is 1.95. The second kappa shape index (κ2) is 6.54. The summed E-state index contributed by atoms with van der Waals surface area (Å²) in [6.07, 6.45) is 0. The molecule has 0 unspecified atom stereocenters. The number of fused-ring (bicyclic) bond motifs is 1. The van der Waals surface area contributed by atoms with Crippen LogP contribution < -0.4 is 5.32 Å². The molecule has 0 spiro atoms. The monoisotopic (exact) mass is 276 g/mol. The van der Waals surface area contributed by atoms with Crippen molar-refractivity contribution in [3.8, 4) is 0 Å². The first kappa shape index (κ1) is 14.6. The molecule has 0 bridgehead atoms. The molecule has 20 heavy (non-hydrogen) atoms. The summed E-state index contributed by atoms with van der Waals surface area (Å²) < 4.78 is 5.23. The molecule has 0 radical (unpaired) electrons. The Bertz CT molecular complexity index is 592. The molecule has 1 aromatic heterocycles. The predicted octanol–water partition coefficient (Wildman–Crippen LogP) is 2.17. The van der Waals surface area contributed by atoms with E-state index in [0.29, 0.717) is 5.58 Å². The van der Waals surface area contributed by atoms with Crippen LogP contribution in [-0.2, 0) is 6.54 Å². The van der Waals surface area contributed by atoms with E-state index in [-0.39, 0.29) is 5.76 Å². The topological polar surface area (TPSA) is 65.7 Å². The lowest BCUT2D eigenvalue weighted by Gasteiger charge is -2.13. The summed E-state index contributed by atoms with van der Waals surface area (Å²) in [5.74, 6) is -1.06. The van der Waals surface area contributed by atoms with Gasteiger partial charge >= 0.3 is 5.97 Å². The van der Waals surface area contributed by atoms with E-state index in [1.165, 1.54) is 0 Å². The Kier molecular flexibility index (Phi) is 4.76. The predicted molar refractivity (Wildman–Crippen MR) is 78.1 cm³/mol. The molecule has 108 valence electrons. The minimum atomic E-state index is -1.04. The Morgan fingerprint density at radius 1 is 1.40 bits per heavy atom. The fraction of sp³-hybridized carbons (Fsp3) is 0.400. The molecule has 1 aromatic carbocycles. The van der Waals surface area contributed by atoms with E-state index in [1.54, 1.807) is 6.07 Å². The van der Waals surface area contributed by atoms with Gasteiger partial charge in [-0.3, -0.25) is 0 Å². The molecule has 0 saturated carbocycles. The van der Waals surface area contributed by atoms with Gasteiger partial charge in [0, 0.05) is 25.0 Å². The summed E-state index contributed by atoms with van der Waals surface area (Å²) in [6, 6.07) is 7.29. The summed E-state index contributed by atoms with van der Waals surface area (Å²) >= 11 is 0. The zero-order chi connectivity index (χ0) is 14.5. The lowest BCUT2D eigenvalue weighted by Crippen LogP contribution is -2.28. The number of aromatic carboxylic acids is 1. The SMILES string of the molecule is CCN(C)CCNCc1ccc2oc(C(=O)O)cc2c1. The van der Waals surface area contributed by atoms with E-state index in [0.717, 1.165) is 37.1 Å². The summed E-state index contributed by atoms with van der Waals surface area (Å²) in [7, 11) is 2.09. The van der Waals surface area contributed by atoms with Crippen molar-refractivity contribution in [2.24, 2.45) is 0 Å². The minimum Gasteiger partial charge on any atom is -0.475 e. The minimum absolute atomic E-state index is 0.0188. The van der Waals surface area contributed by atoms with Crippen molar-refractivity contribution < 1.29 is 14.3 Å². The van der Waals surface area contributed by atoms with Gasteiger partial charge in [-0.2, -0.15) is 0 Å². The second-order valence-corrected chi connectivity index (χ2v) is 4.86. The van der Waals surface area contributed by atoms with E-state index >= 15 is 0 Å². The molecule has 1 heterocycles. The molecule has 0 amide bonds. The van der Waals surface area contributed by atoms with E-state index in [9.17, 15) is 4.79 Å². The highest BCUT2D eigenvalue weighted by molar-refractivity contribution is 5.91. The van der Waals surface area contributed by atoms with Gasteiger partial charge in [0.1, 0.15) is 5.58 Å². The molecular weight excluding hydrogens is 256 g/mol. The van der Waals surface area contributed by atoms with Crippen molar-refractivity contribution in [3.05, 3.63) is 35.6 Å². The van der Waals surface area contributed by atoms with Gasteiger partial charge in [0.2, 0.25) is 5.76 Å². The number of carbonyl (C=O) groups is 1. The van der Waals surface area contributed by atoms with Gasteiger partial charge in [0.05, 0.1) is 0 Å². The molecule has 5 heteroatoms. The zero-order valence-corrected chi connectivity index (χ0v) is 11.8. The highest BCUT2D eigenvalue weighted by Gasteiger charge is 2.10. The third-order valence-corrected chi connectivity index (χ3v) is 3.33. The molecule has 0 saturated heterocycles. The summed E-state index contributed by atoms with van der Waals surface area (Å²) in [5, 5.41) is 13.1. The molecular formula is C15H20N2O3. The first-order valence-electron chi connectivity index (χ1n) is 6.75. The van der Waals surface area contributed by atoms with Crippen LogP contribution in [0.4, 0.5) is 0 Å². The number of likely N-dealkylation sites (N-methyl/N-ethyl adjacent to an activating group) is 1. The molecule has 0 aliphatic carbocycles. The van der Waals surface area contributed by atoms with Crippen LogP contribution in [-0.4, -0.2) is 42.7 Å². The van der Waals surface area contributed by atoms with Crippen LogP contribution in [0.1, 0.15) is 23.0 Å². The number of hydrogen-bond acceptors (Lipinski definition) is 4. The van der Waals surface area contributed by atoms with Crippen LogP contribution in [0.25, 0.3) is 11.0 Å². The Hall–Kier alpha value is -1.85. The van der Waals surface area contributed by atoms with Crippen LogP contribution in [0.3, 0.4) is 0 Å². The van der Waals surface area contributed by atoms with Gasteiger partial charge in [0.25, 0.3) is 0 Å². The number of rotatable bonds is 7. The Morgan fingerprint density at radius 3 is 2.90 bits per heavy atom. The normalized spacial score (nSPS) is 11.3. The largest absolute Gasteiger partial charge is 0.475 e. The first-order chi connectivity index (χ1) is 9.60. The number of carboxylic acid groups (broad SMARTS) is 1. The third-order valence-electron chi connectivity index (χ3n) is 3.33. The first-order valence-corrected chi connectivity index (χ1v) is 6.75. The van der Waals surface area contributed by atoms with Gasteiger partial charge < -0.3 is 19.7 Å². The fourth-order valence-electron chi connectivity index (χ4n) is 1.97. The number of carboxylic acids is 1.